The van der Waals surface area contributed by atoms with E-state index in [0.717, 1.165) is 16.5 Å². The summed E-state index contributed by atoms with van der Waals surface area (Å²) in [5.41, 5.74) is 3.20. The minimum absolute atomic E-state index is 0.0897. The summed E-state index contributed by atoms with van der Waals surface area (Å²) in [7, 11) is 0. The molecule has 0 fully saturated rings. The van der Waals surface area contributed by atoms with Gasteiger partial charge in [-0.3, -0.25) is 4.79 Å². The van der Waals surface area contributed by atoms with Crippen molar-refractivity contribution in [2.75, 3.05) is 6.61 Å². The molecule has 0 bridgehead atoms. The molecule has 0 aromatic heterocycles. The average Bonchev–Trinajstić information content (AvgIpc) is 2.88. The smallest absolute Gasteiger partial charge is 0.449 e. The number of ether oxygens (including phenoxy) is 1. The van der Waals surface area contributed by atoms with E-state index in [1.54, 1.807) is 24.3 Å². The minimum atomic E-state index is -4.73. The van der Waals surface area contributed by atoms with Gasteiger partial charge in [0.05, 0.1) is 6.61 Å². The molecule has 3 aromatic carbocycles. The number of hydrogen-bond acceptors (Lipinski definition) is 2. The predicted molar refractivity (Wildman–Crippen MR) is 143 cm³/mol. The van der Waals surface area contributed by atoms with Gasteiger partial charge in [-0.2, -0.15) is 13.2 Å². The maximum atomic E-state index is 12.0. The molecule has 0 radical (unpaired) electrons. The standard InChI is InChI=1S/C14H12Cl2.C13H15F3O2.C2H6/c1-10(11-2-6-13(15)7-3-11)12-4-8-14(16)9-5-12;1-2-9-18-11-6-3-10(4-7-11)5-8-12(17)13(14,15)16;1-2/h2-10H,1H3;3-4,6-7H,2,5,8-9H2,1H3;1-2H3. The Morgan fingerprint density at radius 2 is 1.28 bits per heavy atom. The normalized spacial score (nSPS) is 10.6. The van der Waals surface area contributed by atoms with Gasteiger partial charge in [-0.25, -0.2) is 0 Å². The zero-order chi connectivity index (χ0) is 27.1. The Labute approximate surface area is 222 Å². The van der Waals surface area contributed by atoms with Crippen molar-refractivity contribution in [1.82, 2.24) is 0 Å². The molecule has 2 nitrogen and oxygen atoms in total. The first kappa shape index (κ1) is 31.5. The summed E-state index contributed by atoms with van der Waals surface area (Å²) in [6.45, 7) is 8.76. The van der Waals surface area contributed by atoms with Gasteiger partial charge in [-0.05, 0) is 65.9 Å². The number of ketones is 1. The zero-order valence-corrected chi connectivity index (χ0v) is 22.6. The summed E-state index contributed by atoms with van der Waals surface area (Å²) >= 11 is 11.7. The highest BCUT2D eigenvalue weighted by Gasteiger charge is 2.37. The SMILES string of the molecule is CC.CC(c1ccc(Cl)cc1)c1ccc(Cl)cc1.CCCOc1ccc(CCC(=O)C(F)(F)F)cc1. The lowest BCUT2D eigenvalue weighted by molar-refractivity contribution is -0.171. The van der Waals surface area contributed by atoms with Crippen LogP contribution in [0.1, 0.15) is 63.1 Å². The van der Waals surface area contributed by atoms with Gasteiger partial charge in [-0.1, -0.05) is 87.3 Å². The zero-order valence-electron chi connectivity index (χ0n) is 21.0. The van der Waals surface area contributed by atoms with Crippen LogP contribution in [-0.4, -0.2) is 18.6 Å². The molecule has 0 unspecified atom stereocenters. The van der Waals surface area contributed by atoms with Crippen molar-refractivity contribution in [2.24, 2.45) is 0 Å². The van der Waals surface area contributed by atoms with Crippen LogP contribution in [0.3, 0.4) is 0 Å². The molecule has 0 amide bonds. The highest BCUT2D eigenvalue weighted by Crippen LogP contribution is 2.26. The van der Waals surface area contributed by atoms with E-state index < -0.39 is 18.4 Å². The molecular formula is C29H33Cl2F3O2. The fourth-order valence-electron chi connectivity index (χ4n) is 3.07. The number of benzene rings is 3. The Hall–Kier alpha value is -2.50. The number of alkyl halides is 3. The van der Waals surface area contributed by atoms with Crippen molar-refractivity contribution in [3.63, 3.8) is 0 Å². The van der Waals surface area contributed by atoms with Crippen molar-refractivity contribution < 1.29 is 22.7 Å². The molecule has 36 heavy (non-hydrogen) atoms. The predicted octanol–water partition coefficient (Wildman–Crippen LogP) is 9.71. The molecule has 0 saturated carbocycles. The first-order chi connectivity index (χ1) is 17.1. The van der Waals surface area contributed by atoms with Gasteiger partial charge in [0.2, 0.25) is 5.78 Å². The third-order valence-corrected chi connectivity index (χ3v) is 5.60. The monoisotopic (exact) mass is 540 g/mol. The van der Waals surface area contributed by atoms with Crippen molar-refractivity contribution in [1.29, 1.82) is 0 Å². The number of Topliss-reactive ketones (excluding diaryl/α,β-unsaturated/α-hetero) is 1. The van der Waals surface area contributed by atoms with E-state index in [2.05, 4.69) is 31.2 Å². The minimum Gasteiger partial charge on any atom is -0.494 e. The van der Waals surface area contributed by atoms with Crippen LogP contribution in [0.25, 0.3) is 0 Å². The summed E-state index contributed by atoms with van der Waals surface area (Å²) in [5, 5.41) is 1.54. The van der Waals surface area contributed by atoms with Crippen molar-refractivity contribution >= 4 is 29.0 Å². The average molecular weight is 541 g/mol. The van der Waals surface area contributed by atoms with Gasteiger partial charge < -0.3 is 4.74 Å². The molecule has 196 valence electrons. The molecule has 0 N–H and O–H groups in total. The lowest BCUT2D eigenvalue weighted by atomic mass is 9.93. The molecule has 7 heteroatoms. The Balaban J connectivity index is 0.000000338. The van der Waals surface area contributed by atoms with Crippen molar-refractivity contribution in [3.05, 3.63) is 99.5 Å². The van der Waals surface area contributed by atoms with E-state index >= 15 is 0 Å². The Kier molecular flexibility index (Phi) is 14.3. The van der Waals surface area contributed by atoms with E-state index in [1.807, 2.05) is 45.0 Å². The van der Waals surface area contributed by atoms with Gasteiger partial charge in [0, 0.05) is 22.4 Å². The largest absolute Gasteiger partial charge is 0.494 e. The molecule has 3 rings (SSSR count). The maximum Gasteiger partial charge on any atom is 0.449 e. The second kappa shape index (κ2) is 16.3. The highest BCUT2D eigenvalue weighted by atomic mass is 35.5. The number of aryl methyl sites for hydroxylation is 1. The summed E-state index contributed by atoms with van der Waals surface area (Å²) in [6.07, 6.45) is -4.27. The van der Waals surface area contributed by atoms with Crippen LogP contribution in [-0.2, 0) is 11.2 Å². The van der Waals surface area contributed by atoms with Gasteiger partial charge in [0.25, 0.3) is 0 Å². The number of carbonyl (C=O) groups excluding carboxylic acids is 1. The molecule has 0 aliphatic carbocycles. The lowest BCUT2D eigenvalue weighted by Gasteiger charge is -2.12. The van der Waals surface area contributed by atoms with Crippen LogP contribution in [0.4, 0.5) is 13.2 Å². The van der Waals surface area contributed by atoms with Crippen molar-refractivity contribution in [2.45, 2.75) is 59.1 Å². The van der Waals surface area contributed by atoms with Crippen LogP contribution in [0.2, 0.25) is 10.0 Å². The fraction of sp³-hybridized carbons (Fsp3) is 0.345. The molecule has 3 aromatic rings. The summed E-state index contributed by atoms with van der Waals surface area (Å²) in [6, 6.07) is 22.7. The van der Waals surface area contributed by atoms with Crippen LogP contribution in [0, 0.1) is 0 Å². The van der Waals surface area contributed by atoms with Crippen molar-refractivity contribution in [3.8, 4) is 5.75 Å². The first-order valence-corrected chi connectivity index (χ1v) is 12.7. The Morgan fingerprint density at radius 1 is 0.833 bits per heavy atom. The first-order valence-electron chi connectivity index (χ1n) is 11.9. The topological polar surface area (TPSA) is 26.3 Å². The van der Waals surface area contributed by atoms with Gasteiger partial charge in [0.1, 0.15) is 5.75 Å². The Morgan fingerprint density at radius 3 is 1.67 bits per heavy atom. The molecular weight excluding hydrogens is 508 g/mol. The summed E-state index contributed by atoms with van der Waals surface area (Å²) in [5.74, 6) is -0.647. The fourth-order valence-corrected chi connectivity index (χ4v) is 3.32. The number of rotatable bonds is 8. The number of halogens is 5. The number of carbonyl (C=O) groups is 1. The van der Waals surface area contributed by atoms with E-state index in [1.165, 1.54) is 11.1 Å². The third-order valence-electron chi connectivity index (χ3n) is 5.09. The summed E-state index contributed by atoms with van der Waals surface area (Å²) < 4.78 is 41.3. The molecule has 0 spiro atoms. The van der Waals surface area contributed by atoms with Gasteiger partial charge >= 0.3 is 6.18 Å². The van der Waals surface area contributed by atoms with E-state index in [0.29, 0.717) is 23.8 Å². The van der Waals surface area contributed by atoms with E-state index in [-0.39, 0.29) is 6.42 Å². The third kappa shape index (κ3) is 11.5. The second-order valence-electron chi connectivity index (χ2n) is 7.74. The molecule has 0 aliphatic rings. The number of hydrogen-bond donors (Lipinski definition) is 0. The quantitative estimate of drug-likeness (QED) is 0.284. The highest BCUT2D eigenvalue weighted by molar-refractivity contribution is 6.30. The molecule has 0 atom stereocenters. The van der Waals surface area contributed by atoms with Crippen LogP contribution < -0.4 is 4.74 Å². The van der Waals surface area contributed by atoms with Gasteiger partial charge in [-0.15, -0.1) is 0 Å². The van der Waals surface area contributed by atoms with E-state index in [4.69, 9.17) is 27.9 Å². The lowest BCUT2D eigenvalue weighted by Crippen LogP contribution is -2.22. The molecule has 0 heterocycles. The summed E-state index contributed by atoms with van der Waals surface area (Å²) in [4.78, 5) is 10.7. The maximum absolute atomic E-state index is 12.0. The van der Waals surface area contributed by atoms with Gasteiger partial charge in [0.15, 0.2) is 0 Å². The van der Waals surface area contributed by atoms with Crippen LogP contribution in [0.5, 0.6) is 5.75 Å². The molecule has 0 aliphatic heterocycles. The Bertz CT molecular complexity index is 971. The second-order valence-corrected chi connectivity index (χ2v) is 8.61. The van der Waals surface area contributed by atoms with E-state index in [9.17, 15) is 18.0 Å². The molecule has 0 saturated heterocycles. The van der Waals surface area contributed by atoms with Crippen LogP contribution >= 0.6 is 23.2 Å². The van der Waals surface area contributed by atoms with Crippen LogP contribution in [0.15, 0.2) is 72.8 Å².